The van der Waals surface area contributed by atoms with Crippen LogP contribution < -0.4 is 0 Å². The molecule has 0 aliphatic heterocycles. The van der Waals surface area contributed by atoms with Crippen molar-refractivity contribution >= 4 is 15.8 Å². The number of ether oxygens (including phenoxy) is 1. The summed E-state index contributed by atoms with van der Waals surface area (Å²) in [5.74, 6) is -1.05. The summed E-state index contributed by atoms with van der Waals surface area (Å²) in [6, 6.07) is 4.67. The van der Waals surface area contributed by atoms with Crippen LogP contribution in [0.3, 0.4) is 0 Å². The minimum Gasteiger partial charge on any atom is -0.469 e. The van der Waals surface area contributed by atoms with Crippen LogP contribution in [0.25, 0.3) is 0 Å². The van der Waals surface area contributed by atoms with Crippen LogP contribution in [0.2, 0.25) is 0 Å². The minimum atomic E-state index is -3.67. The second kappa shape index (κ2) is 8.12. The fourth-order valence-corrected chi connectivity index (χ4v) is 3.81. The average Bonchev–Trinajstić information content (AvgIpc) is 2.46. The van der Waals surface area contributed by atoms with Crippen molar-refractivity contribution in [2.45, 2.75) is 49.2 Å². The van der Waals surface area contributed by atoms with Gasteiger partial charge in [0.1, 0.15) is 5.82 Å². The Bertz CT molecular complexity index is 552. The maximum absolute atomic E-state index is 12.9. The highest BCUT2D eigenvalue weighted by atomic mass is 32.2. The highest BCUT2D eigenvalue weighted by Gasteiger charge is 2.29. The van der Waals surface area contributed by atoms with Crippen molar-refractivity contribution in [3.63, 3.8) is 0 Å². The maximum atomic E-state index is 12.9. The second-order valence-corrected chi connectivity index (χ2v) is 7.13. The van der Waals surface area contributed by atoms with Gasteiger partial charge in [-0.15, -0.1) is 0 Å². The third-order valence-electron chi connectivity index (χ3n) is 3.33. The lowest BCUT2D eigenvalue weighted by molar-refractivity contribution is -0.140. The lowest BCUT2D eigenvalue weighted by Gasteiger charge is -2.16. The number of hydrogen-bond donors (Lipinski definition) is 0. The number of halogens is 1. The van der Waals surface area contributed by atoms with Crippen LogP contribution in [0.4, 0.5) is 4.39 Å². The van der Waals surface area contributed by atoms with E-state index in [4.69, 9.17) is 0 Å². The Morgan fingerprint density at radius 2 is 1.86 bits per heavy atom. The van der Waals surface area contributed by atoms with Crippen molar-refractivity contribution in [1.29, 1.82) is 0 Å². The van der Waals surface area contributed by atoms with Gasteiger partial charge in [-0.3, -0.25) is 4.79 Å². The van der Waals surface area contributed by atoms with E-state index >= 15 is 0 Å². The molecule has 0 saturated heterocycles. The zero-order chi connectivity index (χ0) is 15.9. The summed E-state index contributed by atoms with van der Waals surface area (Å²) in [6.07, 6.45) is 2.79. The SMILES string of the molecule is CCCCCC(CC(=O)OC)S(=O)(=O)c1ccc(F)cc1. The Kier molecular flexibility index (Phi) is 6.81. The van der Waals surface area contributed by atoms with E-state index in [-0.39, 0.29) is 11.3 Å². The van der Waals surface area contributed by atoms with E-state index in [1.54, 1.807) is 0 Å². The first-order chi connectivity index (χ1) is 9.91. The van der Waals surface area contributed by atoms with Crippen molar-refractivity contribution in [3.8, 4) is 0 Å². The Morgan fingerprint density at radius 3 is 2.38 bits per heavy atom. The van der Waals surface area contributed by atoms with Gasteiger partial charge in [-0.2, -0.15) is 0 Å². The van der Waals surface area contributed by atoms with Gasteiger partial charge < -0.3 is 4.74 Å². The smallest absolute Gasteiger partial charge is 0.306 e. The quantitative estimate of drug-likeness (QED) is 0.420. The number of methoxy groups -OCH3 is 1. The van der Waals surface area contributed by atoms with E-state index in [1.807, 2.05) is 6.92 Å². The summed E-state index contributed by atoms with van der Waals surface area (Å²) < 4.78 is 42.6. The van der Waals surface area contributed by atoms with Gasteiger partial charge in [-0.25, -0.2) is 12.8 Å². The van der Waals surface area contributed by atoms with Crippen LogP contribution >= 0.6 is 0 Å². The Morgan fingerprint density at radius 1 is 1.24 bits per heavy atom. The number of carbonyl (C=O) groups excluding carboxylic acids is 1. The van der Waals surface area contributed by atoms with E-state index in [0.717, 1.165) is 31.4 Å². The molecule has 21 heavy (non-hydrogen) atoms. The molecule has 0 aliphatic carbocycles. The molecule has 0 bridgehead atoms. The molecule has 0 heterocycles. The first kappa shape index (κ1) is 17.6. The molecule has 0 saturated carbocycles. The molecule has 0 N–H and O–H groups in total. The summed E-state index contributed by atoms with van der Waals surface area (Å²) in [4.78, 5) is 11.5. The largest absolute Gasteiger partial charge is 0.469 e. The number of sulfone groups is 1. The standard InChI is InChI=1S/C15H21FO4S/c1-3-4-5-6-14(11-15(17)20-2)21(18,19)13-9-7-12(16)8-10-13/h7-10,14H,3-6,11H2,1-2H3. The second-order valence-electron chi connectivity index (χ2n) is 4.90. The fraction of sp³-hybridized carbons (Fsp3) is 0.533. The highest BCUT2D eigenvalue weighted by molar-refractivity contribution is 7.92. The van der Waals surface area contributed by atoms with Crippen molar-refractivity contribution in [2.75, 3.05) is 7.11 Å². The molecular weight excluding hydrogens is 295 g/mol. The summed E-state index contributed by atoms with van der Waals surface area (Å²) in [6.45, 7) is 2.02. The molecule has 1 aromatic carbocycles. The van der Waals surface area contributed by atoms with Gasteiger partial charge >= 0.3 is 5.97 Å². The molecular formula is C15H21FO4S. The molecule has 6 heteroatoms. The zero-order valence-electron chi connectivity index (χ0n) is 12.3. The number of benzene rings is 1. The summed E-state index contributed by atoms with van der Waals surface area (Å²) in [5, 5.41) is -0.832. The minimum absolute atomic E-state index is 0.0364. The number of unbranched alkanes of at least 4 members (excludes halogenated alkanes) is 2. The molecule has 4 nitrogen and oxygen atoms in total. The topological polar surface area (TPSA) is 60.4 Å². The summed E-state index contributed by atoms with van der Waals surface area (Å²) in [7, 11) is -2.44. The van der Waals surface area contributed by atoms with E-state index in [2.05, 4.69) is 4.74 Å². The van der Waals surface area contributed by atoms with E-state index < -0.39 is 26.9 Å². The third kappa shape index (κ3) is 5.12. The maximum Gasteiger partial charge on any atom is 0.306 e. The van der Waals surface area contributed by atoms with Gasteiger partial charge in [0.05, 0.1) is 23.7 Å². The molecule has 1 atom stereocenters. The molecule has 118 valence electrons. The number of rotatable bonds is 8. The Balaban J connectivity index is 2.98. The number of carbonyl (C=O) groups is 1. The summed E-state index contributed by atoms with van der Waals surface area (Å²) >= 11 is 0. The van der Waals surface area contributed by atoms with Gasteiger partial charge in [0.15, 0.2) is 9.84 Å². The molecule has 0 amide bonds. The average molecular weight is 316 g/mol. The molecule has 0 spiro atoms. The Labute approximate surface area is 125 Å². The Hall–Kier alpha value is -1.43. The van der Waals surface area contributed by atoms with Gasteiger partial charge in [-0.1, -0.05) is 26.2 Å². The highest BCUT2D eigenvalue weighted by Crippen LogP contribution is 2.23. The van der Waals surface area contributed by atoms with Crippen LogP contribution in [0.15, 0.2) is 29.2 Å². The monoisotopic (exact) mass is 316 g/mol. The van der Waals surface area contributed by atoms with Gasteiger partial charge in [-0.05, 0) is 30.7 Å². The van der Waals surface area contributed by atoms with Crippen molar-refractivity contribution in [3.05, 3.63) is 30.1 Å². The van der Waals surface area contributed by atoms with Gasteiger partial charge in [0, 0.05) is 0 Å². The number of esters is 1. The molecule has 0 aromatic heterocycles. The fourth-order valence-electron chi connectivity index (χ4n) is 2.07. The van der Waals surface area contributed by atoms with E-state index in [0.29, 0.717) is 6.42 Å². The predicted octanol–water partition coefficient (Wildman–Crippen LogP) is 3.11. The van der Waals surface area contributed by atoms with Crippen LogP contribution in [-0.2, 0) is 19.4 Å². The molecule has 0 radical (unpaired) electrons. The lowest BCUT2D eigenvalue weighted by atomic mass is 10.1. The van der Waals surface area contributed by atoms with E-state index in [1.165, 1.54) is 19.2 Å². The molecule has 1 rings (SSSR count). The van der Waals surface area contributed by atoms with Gasteiger partial charge in [0.2, 0.25) is 0 Å². The normalized spacial score (nSPS) is 12.9. The lowest BCUT2D eigenvalue weighted by Crippen LogP contribution is -2.25. The van der Waals surface area contributed by atoms with Crippen molar-refractivity contribution < 1.29 is 22.3 Å². The summed E-state index contributed by atoms with van der Waals surface area (Å²) in [5.41, 5.74) is 0. The molecule has 0 fully saturated rings. The first-order valence-corrected chi connectivity index (χ1v) is 8.52. The first-order valence-electron chi connectivity index (χ1n) is 6.98. The van der Waals surface area contributed by atoms with Gasteiger partial charge in [0.25, 0.3) is 0 Å². The molecule has 0 aliphatic rings. The van der Waals surface area contributed by atoms with Crippen LogP contribution in [0.1, 0.15) is 39.0 Å². The number of hydrogen-bond acceptors (Lipinski definition) is 4. The van der Waals surface area contributed by atoms with E-state index in [9.17, 15) is 17.6 Å². The van der Waals surface area contributed by atoms with Crippen LogP contribution in [-0.4, -0.2) is 26.7 Å². The van der Waals surface area contributed by atoms with Crippen molar-refractivity contribution in [2.24, 2.45) is 0 Å². The zero-order valence-corrected chi connectivity index (χ0v) is 13.2. The van der Waals surface area contributed by atoms with Crippen LogP contribution in [0, 0.1) is 5.82 Å². The molecule has 1 unspecified atom stereocenters. The van der Waals surface area contributed by atoms with Crippen molar-refractivity contribution in [1.82, 2.24) is 0 Å². The predicted molar refractivity (Wildman–Crippen MR) is 78.1 cm³/mol. The molecule has 1 aromatic rings. The van der Waals surface area contributed by atoms with Crippen LogP contribution in [0.5, 0.6) is 0 Å². The third-order valence-corrected chi connectivity index (χ3v) is 5.54.